The zero-order chi connectivity index (χ0) is 15.5. The van der Waals surface area contributed by atoms with Gasteiger partial charge in [0.25, 0.3) is 0 Å². The summed E-state index contributed by atoms with van der Waals surface area (Å²) in [5, 5.41) is 10.6. The van der Waals surface area contributed by atoms with E-state index in [1.54, 1.807) is 6.92 Å². The van der Waals surface area contributed by atoms with Crippen molar-refractivity contribution in [3.05, 3.63) is 64.1 Å². The molecular formula is C18H21BrO2. The zero-order valence-electron chi connectivity index (χ0n) is 12.6. The molecule has 0 spiro atoms. The minimum absolute atomic E-state index is 0.221. The van der Waals surface area contributed by atoms with Crippen LogP contribution in [0.3, 0.4) is 0 Å². The summed E-state index contributed by atoms with van der Waals surface area (Å²) < 4.78 is 6.94. The van der Waals surface area contributed by atoms with Gasteiger partial charge in [0.2, 0.25) is 0 Å². The Balaban J connectivity index is 2.16. The highest BCUT2D eigenvalue weighted by Gasteiger charge is 2.24. The van der Waals surface area contributed by atoms with Crippen LogP contribution in [-0.2, 0) is 5.60 Å². The Morgan fingerprint density at radius 1 is 1.14 bits per heavy atom. The highest BCUT2D eigenvalue weighted by atomic mass is 79.9. The van der Waals surface area contributed by atoms with Gasteiger partial charge in [-0.05, 0) is 42.2 Å². The summed E-state index contributed by atoms with van der Waals surface area (Å²) in [6, 6.07) is 15.6. The zero-order valence-corrected chi connectivity index (χ0v) is 14.2. The number of hydrogen-bond acceptors (Lipinski definition) is 2. The Labute approximate surface area is 134 Å². The van der Waals surface area contributed by atoms with E-state index in [1.165, 1.54) is 0 Å². The molecule has 1 unspecified atom stereocenters. The lowest BCUT2D eigenvalue weighted by atomic mass is 9.97. The molecule has 0 amide bonds. The summed E-state index contributed by atoms with van der Waals surface area (Å²) in [5.41, 5.74) is 0.976. The molecule has 0 bridgehead atoms. The summed E-state index contributed by atoms with van der Waals surface area (Å²) in [6.07, 6.45) is 0. The first-order chi connectivity index (χ1) is 9.90. The number of benzene rings is 2. The molecule has 1 atom stereocenters. The summed E-state index contributed by atoms with van der Waals surface area (Å²) in [5.74, 6) is 1.18. The standard InChI is InChI=1S/C18H21BrO2/c1-13(2)16-11-15(19)9-10-17(16)21-12-18(3,20)14-7-5-4-6-8-14/h4-11,13,20H,12H2,1-3H3. The number of aliphatic hydroxyl groups is 1. The fourth-order valence-corrected chi connectivity index (χ4v) is 2.58. The van der Waals surface area contributed by atoms with Crippen molar-refractivity contribution < 1.29 is 9.84 Å². The predicted molar refractivity (Wildman–Crippen MR) is 89.7 cm³/mol. The Hall–Kier alpha value is -1.32. The molecule has 2 aromatic carbocycles. The van der Waals surface area contributed by atoms with Gasteiger partial charge in [-0.3, -0.25) is 0 Å². The molecule has 0 aliphatic rings. The van der Waals surface area contributed by atoms with E-state index >= 15 is 0 Å². The van der Waals surface area contributed by atoms with Crippen LogP contribution in [-0.4, -0.2) is 11.7 Å². The fraction of sp³-hybridized carbons (Fsp3) is 0.333. The van der Waals surface area contributed by atoms with Gasteiger partial charge in [-0.25, -0.2) is 0 Å². The molecule has 2 rings (SSSR count). The molecule has 0 aliphatic carbocycles. The van der Waals surface area contributed by atoms with Gasteiger partial charge in [0.05, 0.1) is 0 Å². The van der Waals surface area contributed by atoms with Gasteiger partial charge in [0.15, 0.2) is 0 Å². The number of rotatable bonds is 5. The normalized spacial score (nSPS) is 14.0. The third-order valence-corrected chi connectivity index (χ3v) is 3.99. The van der Waals surface area contributed by atoms with E-state index < -0.39 is 5.60 Å². The van der Waals surface area contributed by atoms with Crippen LogP contribution in [0.2, 0.25) is 0 Å². The molecular weight excluding hydrogens is 328 g/mol. The van der Waals surface area contributed by atoms with Crippen molar-refractivity contribution in [3.8, 4) is 5.75 Å². The molecule has 0 saturated heterocycles. The predicted octanol–water partition coefficient (Wildman–Crippen LogP) is 4.86. The van der Waals surface area contributed by atoms with Crippen LogP contribution in [0.15, 0.2) is 53.0 Å². The highest BCUT2D eigenvalue weighted by molar-refractivity contribution is 9.10. The van der Waals surface area contributed by atoms with E-state index in [9.17, 15) is 5.11 Å². The second kappa shape index (κ2) is 6.63. The van der Waals surface area contributed by atoms with Gasteiger partial charge < -0.3 is 9.84 Å². The Morgan fingerprint density at radius 3 is 2.43 bits per heavy atom. The maximum absolute atomic E-state index is 10.6. The van der Waals surface area contributed by atoms with Gasteiger partial charge in [0.1, 0.15) is 18.0 Å². The quantitative estimate of drug-likeness (QED) is 0.835. The van der Waals surface area contributed by atoms with Crippen molar-refractivity contribution >= 4 is 15.9 Å². The molecule has 3 heteroatoms. The Kier molecular flexibility index (Phi) is 5.07. The Morgan fingerprint density at radius 2 is 1.81 bits per heavy atom. The molecule has 0 radical (unpaired) electrons. The van der Waals surface area contributed by atoms with Gasteiger partial charge in [-0.15, -0.1) is 0 Å². The summed E-state index contributed by atoms with van der Waals surface area (Å²) in [6.45, 7) is 6.25. The molecule has 0 saturated carbocycles. The third-order valence-electron chi connectivity index (χ3n) is 3.50. The van der Waals surface area contributed by atoms with Crippen LogP contribution in [0.5, 0.6) is 5.75 Å². The summed E-state index contributed by atoms with van der Waals surface area (Å²) in [4.78, 5) is 0. The van der Waals surface area contributed by atoms with Crippen molar-refractivity contribution in [2.75, 3.05) is 6.61 Å². The van der Waals surface area contributed by atoms with Gasteiger partial charge in [0, 0.05) is 4.47 Å². The molecule has 0 heterocycles. The monoisotopic (exact) mass is 348 g/mol. The van der Waals surface area contributed by atoms with E-state index in [0.29, 0.717) is 5.92 Å². The van der Waals surface area contributed by atoms with Crippen LogP contribution in [0.25, 0.3) is 0 Å². The van der Waals surface area contributed by atoms with E-state index in [0.717, 1.165) is 21.3 Å². The van der Waals surface area contributed by atoms with Gasteiger partial charge in [-0.2, -0.15) is 0 Å². The van der Waals surface area contributed by atoms with E-state index in [1.807, 2.05) is 42.5 Å². The SMILES string of the molecule is CC(C)c1cc(Br)ccc1OCC(C)(O)c1ccccc1. The van der Waals surface area contributed by atoms with E-state index in [2.05, 4.69) is 35.8 Å². The first-order valence-corrected chi connectivity index (χ1v) is 7.89. The average Bonchev–Trinajstić information content (AvgIpc) is 2.47. The lowest BCUT2D eigenvalue weighted by molar-refractivity contribution is 0.00723. The molecule has 2 aromatic rings. The van der Waals surface area contributed by atoms with Crippen molar-refractivity contribution in [2.45, 2.75) is 32.3 Å². The lowest BCUT2D eigenvalue weighted by Gasteiger charge is -2.25. The van der Waals surface area contributed by atoms with Crippen LogP contribution in [0.4, 0.5) is 0 Å². The first kappa shape index (κ1) is 16.1. The van der Waals surface area contributed by atoms with Gasteiger partial charge >= 0.3 is 0 Å². The maximum Gasteiger partial charge on any atom is 0.122 e. The number of ether oxygens (including phenoxy) is 1. The fourth-order valence-electron chi connectivity index (χ4n) is 2.20. The smallest absolute Gasteiger partial charge is 0.122 e. The molecule has 0 aliphatic heterocycles. The van der Waals surface area contributed by atoms with Gasteiger partial charge in [-0.1, -0.05) is 60.1 Å². The molecule has 2 nitrogen and oxygen atoms in total. The molecule has 0 aromatic heterocycles. The van der Waals surface area contributed by atoms with E-state index in [-0.39, 0.29) is 6.61 Å². The van der Waals surface area contributed by atoms with Crippen LogP contribution < -0.4 is 4.74 Å². The second-order valence-corrected chi connectivity index (χ2v) is 6.68. The molecule has 112 valence electrons. The van der Waals surface area contributed by atoms with E-state index in [4.69, 9.17) is 4.74 Å². The third kappa shape index (κ3) is 4.08. The number of halogens is 1. The van der Waals surface area contributed by atoms with Crippen molar-refractivity contribution in [1.82, 2.24) is 0 Å². The lowest BCUT2D eigenvalue weighted by Crippen LogP contribution is -2.29. The van der Waals surface area contributed by atoms with Crippen LogP contribution in [0, 0.1) is 0 Å². The average molecular weight is 349 g/mol. The summed E-state index contributed by atoms with van der Waals surface area (Å²) in [7, 11) is 0. The van der Waals surface area contributed by atoms with Crippen molar-refractivity contribution in [2.24, 2.45) is 0 Å². The topological polar surface area (TPSA) is 29.5 Å². The minimum Gasteiger partial charge on any atom is -0.490 e. The first-order valence-electron chi connectivity index (χ1n) is 7.10. The van der Waals surface area contributed by atoms with Crippen molar-refractivity contribution in [1.29, 1.82) is 0 Å². The summed E-state index contributed by atoms with van der Waals surface area (Å²) >= 11 is 3.49. The Bertz CT molecular complexity index is 591. The van der Waals surface area contributed by atoms with Crippen LogP contribution in [0.1, 0.15) is 37.8 Å². The molecule has 1 N–H and O–H groups in total. The minimum atomic E-state index is -1.01. The second-order valence-electron chi connectivity index (χ2n) is 5.77. The highest BCUT2D eigenvalue weighted by Crippen LogP contribution is 2.31. The molecule has 0 fully saturated rings. The number of hydrogen-bond donors (Lipinski definition) is 1. The largest absolute Gasteiger partial charge is 0.490 e. The van der Waals surface area contributed by atoms with Crippen molar-refractivity contribution in [3.63, 3.8) is 0 Å². The maximum atomic E-state index is 10.6. The molecule has 21 heavy (non-hydrogen) atoms. The van der Waals surface area contributed by atoms with Crippen LogP contribution >= 0.6 is 15.9 Å².